The van der Waals surface area contributed by atoms with E-state index in [0.717, 1.165) is 16.8 Å². The Kier molecular flexibility index (Phi) is 4.24. The lowest BCUT2D eigenvalue weighted by atomic mass is 9.81. The third kappa shape index (κ3) is 2.83. The summed E-state index contributed by atoms with van der Waals surface area (Å²) in [6, 6.07) is 16.1. The van der Waals surface area contributed by atoms with Gasteiger partial charge in [0.2, 0.25) is 5.91 Å². The first kappa shape index (κ1) is 18.6. The number of benzene rings is 2. The number of fused-ring (bicyclic) bond motifs is 2. The van der Waals surface area contributed by atoms with Crippen molar-refractivity contribution in [3.63, 3.8) is 0 Å². The zero-order valence-corrected chi connectivity index (χ0v) is 17.2. The van der Waals surface area contributed by atoms with Crippen LogP contribution in [-0.2, 0) is 16.8 Å². The zero-order valence-electron chi connectivity index (χ0n) is 17.2. The number of aromatic nitrogens is 2. The highest BCUT2D eigenvalue weighted by atomic mass is 16.2. The fourth-order valence-corrected chi connectivity index (χ4v) is 5.02. The Hall–Kier alpha value is -3.41. The lowest BCUT2D eigenvalue weighted by molar-refractivity contribution is -0.122. The molecule has 6 nitrogen and oxygen atoms in total. The summed E-state index contributed by atoms with van der Waals surface area (Å²) in [5.74, 6) is -0.0230. The molecule has 6 heteroatoms. The largest absolute Gasteiger partial charge is 0.336 e. The Bertz CT molecular complexity index is 1120. The second-order valence-electron chi connectivity index (χ2n) is 8.43. The summed E-state index contributed by atoms with van der Waals surface area (Å²) in [5, 5.41) is 6.62. The van der Waals surface area contributed by atoms with Crippen molar-refractivity contribution in [2.45, 2.75) is 32.2 Å². The summed E-state index contributed by atoms with van der Waals surface area (Å²) < 4.78 is 0. The number of nitrogens with zero attached hydrogens (tertiary/aromatic N) is 3. The molecule has 1 N–H and O–H groups in total. The Morgan fingerprint density at radius 3 is 2.63 bits per heavy atom. The van der Waals surface area contributed by atoms with E-state index in [0.29, 0.717) is 31.7 Å². The number of aryl methyl sites for hydroxylation is 2. The van der Waals surface area contributed by atoms with Gasteiger partial charge in [-0.15, -0.1) is 0 Å². The van der Waals surface area contributed by atoms with Crippen molar-refractivity contribution in [3.05, 3.63) is 82.7 Å². The van der Waals surface area contributed by atoms with E-state index in [2.05, 4.69) is 42.2 Å². The third-order valence-corrected chi connectivity index (χ3v) is 6.27. The molecule has 1 atom stereocenters. The highest BCUT2D eigenvalue weighted by molar-refractivity contribution is 6.09. The summed E-state index contributed by atoms with van der Waals surface area (Å²) in [7, 11) is 0. The van der Waals surface area contributed by atoms with Crippen LogP contribution in [0.3, 0.4) is 0 Å². The van der Waals surface area contributed by atoms with Crippen LogP contribution in [0.1, 0.15) is 39.2 Å². The van der Waals surface area contributed by atoms with E-state index in [1.807, 2.05) is 29.2 Å². The SMILES string of the molecule is Cc1cc(C)cc(CN2C(=O)C3(CCN(C(=O)c4ccn[nH]4)C3)c3ccccc32)c1. The van der Waals surface area contributed by atoms with Crippen LogP contribution in [0.5, 0.6) is 0 Å². The summed E-state index contributed by atoms with van der Waals surface area (Å²) in [6.07, 6.45) is 2.20. The van der Waals surface area contributed by atoms with Crippen LogP contribution in [0.4, 0.5) is 5.69 Å². The van der Waals surface area contributed by atoms with Crippen molar-refractivity contribution in [2.75, 3.05) is 18.0 Å². The number of carbonyl (C=O) groups is 2. The van der Waals surface area contributed by atoms with Gasteiger partial charge in [0.05, 0.1) is 12.0 Å². The van der Waals surface area contributed by atoms with Crippen LogP contribution in [0.25, 0.3) is 0 Å². The van der Waals surface area contributed by atoms with Gasteiger partial charge in [0.1, 0.15) is 5.69 Å². The van der Waals surface area contributed by atoms with Crippen LogP contribution in [0.15, 0.2) is 54.7 Å². The van der Waals surface area contributed by atoms with E-state index in [9.17, 15) is 9.59 Å². The summed E-state index contributed by atoms with van der Waals surface area (Å²) in [5.41, 5.74) is 5.27. The molecule has 0 radical (unpaired) electrons. The topological polar surface area (TPSA) is 69.3 Å². The molecule has 1 aromatic heterocycles. The third-order valence-electron chi connectivity index (χ3n) is 6.27. The minimum absolute atomic E-state index is 0.0859. The molecular weight excluding hydrogens is 376 g/mol. The van der Waals surface area contributed by atoms with E-state index in [-0.39, 0.29) is 11.8 Å². The van der Waals surface area contributed by atoms with E-state index in [1.54, 1.807) is 17.2 Å². The van der Waals surface area contributed by atoms with Crippen LogP contribution in [0, 0.1) is 13.8 Å². The predicted molar refractivity (Wildman–Crippen MR) is 114 cm³/mol. The summed E-state index contributed by atoms with van der Waals surface area (Å²) >= 11 is 0. The maximum absolute atomic E-state index is 13.8. The van der Waals surface area contributed by atoms with Gasteiger partial charge >= 0.3 is 0 Å². The normalized spacial score (nSPS) is 20.3. The smallest absolute Gasteiger partial charge is 0.271 e. The van der Waals surface area contributed by atoms with Gasteiger partial charge in [0, 0.05) is 25.0 Å². The first-order valence-electron chi connectivity index (χ1n) is 10.3. The number of anilines is 1. The number of hydrogen-bond acceptors (Lipinski definition) is 3. The van der Waals surface area contributed by atoms with Gasteiger partial charge < -0.3 is 9.80 Å². The zero-order chi connectivity index (χ0) is 20.9. The number of nitrogens with one attached hydrogen (secondary N) is 1. The first-order valence-corrected chi connectivity index (χ1v) is 10.3. The lowest BCUT2D eigenvalue weighted by Crippen LogP contribution is -2.43. The standard InChI is InChI=1S/C24H24N4O2/c1-16-11-17(2)13-18(12-16)14-28-21-6-4-3-5-19(21)24(23(28)30)8-10-27(15-24)22(29)20-7-9-25-26-20/h3-7,9,11-13H,8,10,14-15H2,1-2H3,(H,25,26). The van der Waals surface area contributed by atoms with E-state index >= 15 is 0 Å². The monoisotopic (exact) mass is 400 g/mol. The minimum Gasteiger partial charge on any atom is -0.336 e. The average molecular weight is 400 g/mol. The van der Waals surface area contributed by atoms with Gasteiger partial charge in [0.25, 0.3) is 5.91 Å². The molecule has 152 valence electrons. The van der Waals surface area contributed by atoms with Gasteiger partial charge in [-0.25, -0.2) is 0 Å². The molecular formula is C24H24N4O2. The molecule has 1 unspecified atom stereocenters. The van der Waals surface area contributed by atoms with Crippen LogP contribution >= 0.6 is 0 Å². The van der Waals surface area contributed by atoms with Crippen molar-refractivity contribution in [1.29, 1.82) is 0 Å². The first-order chi connectivity index (χ1) is 14.5. The molecule has 1 saturated heterocycles. The predicted octanol–water partition coefficient (Wildman–Crippen LogP) is 3.36. The Labute approximate surface area is 175 Å². The molecule has 30 heavy (non-hydrogen) atoms. The minimum atomic E-state index is -0.675. The summed E-state index contributed by atoms with van der Waals surface area (Å²) in [4.78, 5) is 30.3. The number of para-hydroxylation sites is 1. The molecule has 2 amide bonds. The van der Waals surface area contributed by atoms with Gasteiger partial charge in [-0.2, -0.15) is 5.10 Å². The molecule has 1 fully saturated rings. The molecule has 0 bridgehead atoms. The molecule has 3 aromatic rings. The van der Waals surface area contributed by atoms with Crippen molar-refractivity contribution in [1.82, 2.24) is 15.1 Å². The highest BCUT2D eigenvalue weighted by Crippen LogP contribution is 2.48. The van der Waals surface area contributed by atoms with Gasteiger partial charge in [-0.3, -0.25) is 14.7 Å². The molecule has 3 heterocycles. The second-order valence-corrected chi connectivity index (χ2v) is 8.43. The molecule has 2 aliphatic heterocycles. The summed E-state index contributed by atoms with van der Waals surface area (Å²) in [6.45, 7) is 5.63. The lowest BCUT2D eigenvalue weighted by Gasteiger charge is -2.24. The van der Waals surface area contributed by atoms with Gasteiger partial charge in [-0.05, 0) is 43.5 Å². The van der Waals surface area contributed by atoms with Crippen LogP contribution in [-0.4, -0.2) is 40.0 Å². The van der Waals surface area contributed by atoms with Crippen LogP contribution in [0.2, 0.25) is 0 Å². The highest BCUT2D eigenvalue weighted by Gasteiger charge is 2.55. The molecule has 5 rings (SSSR count). The number of H-pyrrole nitrogens is 1. The van der Waals surface area contributed by atoms with E-state index in [4.69, 9.17) is 0 Å². The van der Waals surface area contributed by atoms with Gasteiger partial charge in [0.15, 0.2) is 0 Å². The average Bonchev–Trinajstić information content (AvgIpc) is 3.45. The van der Waals surface area contributed by atoms with Crippen molar-refractivity contribution in [2.24, 2.45) is 0 Å². The maximum atomic E-state index is 13.8. The Morgan fingerprint density at radius 2 is 1.90 bits per heavy atom. The quantitative estimate of drug-likeness (QED) is 0.733. The number of amides is 2. The molecule has 2 aliphatic rings. The Morgan fingerprint density at radius 1 is 1.13 bits per heavy atom. The van der Waals surface area contributed by atoms with Crippen molar-refractivity contribution in [3.8, 4) is 0 Å². The molecule has 0 aliphatic carbocycles. The fourth-order valence-electron chi connectivity index (χ4n) is 5.02. The Balaban J connectivity index is 1.49. The van der Waals surface area contributed by atoms with Crippen molar-refractivity contribution >= 4 is 17.5 Å². The van der Waals surface area contributed by atoms with Crippen molar-refractivity contribution < 1.29 is 9.59 Å². The van der Waals surface area contributed by atoms with E-state index < -0.39 is 5.41 Å². The number of hydrogen-bond donors (Lipinski definition) is 1. The number of likely N-dealkylation sites (tertiary alicyclic amines) is 1. The van der Waals surface area contributed by atoms with Gasteiger partial charge in [-0.1, -0.05) is 47.5 Å². The van der Waals surface area contributed by atoms with E-state index in [1.165, 1.54) is 11.1 Å². The number of rotatable bonds is 3. The fraction of sp³-hybridized carbons (Fsp3) is 0.292. The maximum Gasteiger partial charge on any atom is 0.271 e. The number of aromatic amines is 1. The molecule has 1 spiro atoms. The molecule has 2 aromatic carbocycles. The molecule has 0 saturated carbocycles. The second kappa shape index (κ2) is 6.83. The van der Waals surface area contributed by atoms with Crippen LogP contribution < -0.4 is 4.90 Å². The number of carbonyl (C=O) groups excluding carboxylic acids is 2.